The normalized spacial score (nSPS) is 23.9. The molecule has 2 N–H and O–H groups in total. The molecule has 0 spiro atoms. The summed E-state index contributed by atoms with van der Waals surface area (Å²) in [6, 6.07) is 10.3. The van der Waals surface area contributed by atoms with Crippen LogP contribution in [0.25, 0.3) is 0 Å². The first-order chi connectivity index (χ1) is 12.8. The van der Waals surface area contributed by atoms with Crippen LogP contribution < -0.4 is 10.6 Å². The summed E-state index contributed by atoms with van der Waals surface area (Å²) in [5, 5.41) is 5.96. The summed E-state index contributed by atoms with van der Waals surface area (Å²) >= 11 is 0. The van der Waals surface area contributed by atoms with Crippen molar-refractivity contribution < 1.29 is 9.59 Å². The molecule has 1 aromatic carbocycles. The second-order valence-corrected chi connectivity index (χ2v) is 8.99. The fraction of sp³-hybridized carbons (Fsp3) is 0.636. The number of rotatable bonds is 8. The van der Waals surface area contributed by atoms with Crippen LogP contribution in [0.1, 0.15) is 58.4 Å². The Labute approximate surface area is 163 Å². The molecule has 148 valence electrons. The monoisotopic (exact) mass is 371 g/mol. The molecule has 0 heterocycles. The molecule has 0 aromatic heterocycles. The molecule has 0 aliphatic heterocycles. The predicted octanol–water partition coefficient (Wildman–Crippen LogP) is 4.23. The summed E-state index contributed by atoms with van der Waals surface area (Å²) in [4.78, 5) is 26.7. The molecular formula is C22H33N3O2. The molecule has 1 aliphatic rings. The Morgan fingerprint density at radius 1 is 1.15 bits per heavy atom. The zero-order chi connectivity index (χ0) is 19.8. The third kappa shape index (κ3) is 7.56. The maximum absolute atomic E-state index is 12.1. The lowest BCUT2D eigenvalue weighted by Crippen LogP contribution is -2.47. The van der Waals surface area contributed by atoms with E-state index in [-0.39, 0.29) is 22.9 Å². The Hall–Kier alpha value is -2.13. The third-order valence-corrected chi connectivity index (χ3v) is 5.35. The fourth-order valence-corrected chi connectivity index (χ4v) is 4.54. The van der Waals surface area contributed by atoms with E-state index in [0.29, 0.717) is 13.1 Å². The summed E-state index contributed by atoms with van der Waals surface area (Å²) in [6.45, 7) is 7.84. The maximum Gasteiger partial charge on any atom is 0.314 e. The Morgan fingerprint density at radius 3 is 2.59 bits per heavy atom. The van der Waals surface area contributed by atoms with Gasteiger partial charge < -0.3 is 10.6 Å². The van der Waals surface area contributed by atoms with E-state index in [1.54, 1.807) is 6.08 Å². The zero-order valence-electron chi connectivity index (χ0n) is 16.9. The van der Waals surface area contributed by atoms with Gasteiger partial charge in [-0.15, -0.1) is 0 Å². The molecule has 1 aromatic rings. The number of urea groups is 1. The van der Waals surface area contributed by atoms with Gasteiger partial charge in [-0.1, -0.05) is 51.1 Å². The Balaban J connectivity index is 1.68. The Morgan fingerprint density at radius 2 is 1.89 bits per heavy atom. The number of amides is 2. The van der Waals surface area contributed by atoms with E-state index < -0.39 is 0 Å². The van der Waals surface area contributed by atoms with Crippen molar-refractivity contribution in [3.63, 3.8) is 0 Å². The third-order valence-electron chi connectivity index (χ3n) is 5.35. The van der Waals surface area contributed by atoms with E-state index >= 15 is 0 Å². The first kappa shape index (κ1) is 21.2. The van der Waals surface area contributed by atoms with Crippen LogP contribution in [0.4, 0.5) is 4.79 Å². The standard InChI is InChI=1S/C22H33N3O2/c1-21(2)13-19(25-17-26)14-22(3,15-21)16-24-20(27)23-12-8-7-11-18-9-5-4-6-10-18/h4-6,9-10,19H,7-8,11-16H2,1-3H3,(H2,23,24,27). The first-order valence-corrected chi connectivity index (χ1v) is 9.95. The topological polar surface area (TPSA) is 70.6 Å². The molecule has 2 amide bonds. The van der Waals surface area contributed by atoms with Gasteiger partial charge in [0.1, 0.15) is 0 Å². The summed E-state index contributed by atoms with van der Waals surface area (Å²) in [7, 11) is 0. The highest BCUT2D eigenvalue weighted by molar-refractivity contribution is 5.73. The summed E-state index contributed by atoms with van der Waals surface area (Å²) in [5.41, 5.74) is 1.38. The lowest BCUT2D eigenvalue weighted by Gasteiger charge is -2.45. The number of nitrogens with zero attached hydrogens (tertiary/aromatic N) is 1. The molecule has 2 rings (SSSR count). The molecule has 1 fully saturated rings. The Kier molecular flexibility index (Phi) is 7.61. The van der Waals surface area contributed by atoms with Crippen LogP contribution in [-0.2, 0) is 11.2 Å². The van der Waals surface area contributed by atoms with Crippen molar-refractivity contribution in [3.8, 4) is 0 Å². The van der Waals surface area contributed by atoms with Gasteiger partial charge in [0.25, 0.3) is 0 Å². The number of carbonyl (C=O) groups is 1. The minimum Gasteiger partial charge on any atom is -0.338 e. The molecule has 5 heteroatoms. The van der Waals surface area contributed by atoms with Crippen LogP contribution >= 0.6 is 0 Å². The van der Waals surface area contributed by atoms with Gasteiger partial charge in [0.05, 0.1) is 6.04 Å². The molecule has 5 nitrogen and oxygen atoms in total. The zero-order valence-corrected chi connectivity index (χ0v) is 16.9. The van der Waals surface area contributed by atoms with Gasteiger partial charge in [-0.25, -0.2) is 14.6 Å². The number of carbonyl (C=O) groups excluding carboxylic acids is 2. The van der Waals surface area contributed by atoms with E-state index in [0.717, 1.165) is 38.5 Å². The van der Waals surface area contributed by atoms with E-state index in [9.17, 15) is 9.59 Å². The van der Waals surface area contributed by atoms with Gasteiger partial charge in [-0.05, 0) is 54.9 Å². The molecule has 0 radical (unpaired) electrons. The predicted molar refractivity (Wildman–Crippen MR) is 108 cm³/mol. The number of aryl methyl sites for hydroxylation is 1. The minimum atomic E-state index is -0.116. The van der Waals surface area contributed by atoms with Crippen molar-refractivity contribution >= 4 is 12.1 Å². The summed E-state index contributed by atoms with van der Waals surface area (Å²) in [6.07, 6.45) is 7.47. The highest BCUT2D eigenvalue weighted by Crippen LogP contribution is 2.46. The Bertz CT molecular complexity index is 653. The highest BCUT2D eigenvalue weighted by Gasteiger charge is 2.41. The van der Waals surface area contributed by atoms with Gasteiger partial charge in [0, 0.05) is 13.1 Å². The van der Waals surface area contributed by atoms with Crippen molar-refractivity contribution in [3.05, 3.63) is 35.9 Å². The summed E-state index contributed by atoms with van der Waals surface area (Å²) < 4.78 is 0. The van der Waals surface area contributed by atoms with Crippen LogP contribution in [0.2, 0.25) is 0 Å². The maximum atomic E-state index is 12.1. The molecule has 1 aliphatic carbocycles. The van der Waals surface area contributed by atoms with Crippen molar-refractivity contribution in [2.24, 2.45) is 15.8 Å². The van der Waals surface area contributed by atoms with Gasteiger partial charge in [-0.3, -0.25) is 0 Å². The van der Waals surface area contributed by atoms with Crippen LogP contribution in [-0.4, -0.2) is 31.2 Å². The molecule has 2 unspecified atom stereocenters. The lowest BCUT2D eigenvalue weighted by atomic mass is 9.63. The van der Waals surface area contributed by atoms with E-state index in [2.05, 4.69) is 60.7 Å². The van der Waals surface area contributed by atoms with Crippen molar-refractivity contribution in [1.29, 1.82) is 0 Å². The number of hydrogen-bond donors (Lipinski definition) is 2. The fourth-order valence-electron chi connectivity index (χ4n) is 4.54. The van der Waals surface area contributed by atoms with Gasteiger partial charge in [0.15, 0.2) is 0 Å². The minimum absolute atomic E-state index is 0.000835. The van der Waals surface area contributed by atoms with Gasteiger partial charge in [-0.2, -0.15) is 0 Å². The largest absolute Gasteiger partial charge is 0.338 e. The van der Waals surface area contributed by atoms with Crippen molar-refractivity contribution in [1.82, 2.24) is 10.6 Å². The van der Waals surface area contributed by atoms with Crippen LogP contribution in [0.3, 0.4) is 0 Å². The molecule has 27 heavy (non-hydrogen) atoms. The smallest absolute Gasteiger partial charge is 0.314 e. The average Bonchev–Trinajstić information content (AvgIpc) is 2.59. The highest BCUT2D eigenvalue weighted by atomic mass is 16.2. The van der Waals surface area contributed by atoms with Gasteiger partial charge >= 0.3 is 6.03 Å². The number of isocyanates is 1. The SMILES string of the molecule is CC1(C)CC(N=C=O)CC(C)(CNC(=O)NCCCCc2ccccc2)C1. The molecule has 2 atom stereocenters. The number of hydrogen-bond acceptors (Lipinski definition) is 3. The number of unbranched alkanes of at least 4 members (excludes halogenated alkanes) is 1. The second-order valence-electron chi connectivity index (χ2n) is 8.99. The van der Waals surface area contributed by atoms with E-state index in [1.165, 1.54) is 5.56 Å². The second kappa shape index (κ2) is 9.70. The molecule has 0 saturated heterocycles. The van der Waals surface area contributed by atoms with Crippen LogP contribution in [0.5, 0.6) is 0 Å². The van der Waals surface area contributed by atoms with E-state index in [1.807, 2.05) is 6.07 Å². The average molecular weight is 372 g/mol. The molecular weight excluding hydrogens is 338 g/mol. The number of benzene rings is 1. The molecule has 0 bridgehead atoms. The van der Waals surface area contributed by atoms with Crippen molar-refractivity contribution in [2.45, 2.75) is 65.3 Å². The summed E-state index contributed by atoms with van der Waals surface area (Å²) in [5.74, 6) is 0. The molecule has 1 saturated carbocycles. The number of aliphatic imine (C=N–C) groups is 1. The number of nitrogens with one attached hydrogen (secondary N) is 2. The van der Waals surface area contributed by atoms with E-state index in [4.69, 9.17) is 0 Å². The van der Waals surface area contributed by atoms with Crippen LogP contribution in [0, 0.1) is 10.8 Å². The lowest BCUT2D eigenvalue weighted by molar-refractivity contribution is 0.0850. The quantitative estimate of drug-likeness (QED) is 0.408. The van der Waals surface area contributed by atoms with Crippen LogP contribution in [0.15, 0.2) is 35.3 Å². The van der Waals surface area contributed by atoms with Crippen molar-refractivity contribution in [2.75, 3.05) is 13.1 Å². The van der Waals surface area contributed by atoms with Gasteiger partial charge in [0.2, 0.25) is 6.08 Å². The first-order valence-electron chi connectivity index (χ1n) is 9.95.